The van der Waals surface area contributed by atoms with Crippen molar-refractivity contribution < 1.29 is 13.9 Å². The van der Waals surface area contributed by atoms with Gasteiger partial charge in [-0.1, -0.05) is 6.07 Å². The number of nitriles is 1. The van der Waals surface area contributed by atoms with Crippen LogP contribution in [0.25, 0.3) is 0 Å². The minimum atomic E-state index is -0.819. The predicted molar refractivity (Wildman–Crippen MR) is 150 cm³/mol. The van der Waals surface area contributed by atoms with Crippen molar-refractivity contribution in [2.75, 3.05) is 42.1 Å². The number of piperazine rings is 1. The van der Waals surface area contributed by atoms with Gasteiger partial charge in [0.2, 0.25) is 0 Å². The number of carbonyl (C=O) groups excluding carboxylic acids is 1. The molecule has 12 heteroatoms. The number of benzene rings is 1. The fourth-order valence-corrected chi connectivity index (χ4v) is 8.27. The van der Waals surface area contributed by atoms with Crippen LogP contribution < -0.4 is 5.43 Å². The van der Waals surface area contributed by atoms with E-state index in [1.54, 1.807) is 25.4 Å². The molecule has 3 aliphatic rings. The van der Waals surface area contributed by atoms with Crippen molar-refractivity contribution in [3.8, 4) is 6.07 Å². The number of halogens is 2. The fourth-order valence-electron chi connectivity index (χ4n) is 4.82. The average molecular weight is 632 g/mol. The second kappa shape index (κ2) is 11.4. The van der Waals surface area contributed by atoms with Crippen LogP contribution in [0.5, 0.6) is 0 Å². The van der Waals surface area contributed by atoms with Gasteiger partial charge in [-0.3, -0.25) is 4.90 Å². The van der Waals surface area contributed by atoms with Crippen molar-refractivity contribution in [2.45, 2.75) is 31.9 Å². The van der Waals surface area contributed by atoms with Gasteiger partial charge >= 0.3 is 117 Å². The molecule has 3 atom stereocenters. The molecule has 2 aromatic rings. The Hall–Kier alpha value is -3.02. The molecule has 38 heavy (non-hydrogen) atoms. The fraction of sp³-hybridized carbons (Fsp3) is 0.462. The van der Waals surface area contributed by atoms with Crippen molar-refractivity contribution in [1.82, 2.24) is 25.2 Å². The van der Waals surface area contributed by atoms with E-state index in [-0.39, 0.29) is 29.5 Å². The topological polar surface area (TPSA) is 119 Å². The number of hydrazone groups is 1. The van der Waals surface area contributed by atoms with Crippen molar-refractivity contribution in [2.24, 2.45) is 10.1 Å². The summed E-state index contributed by atoms with van der Waals surface area (Å²) in [6.45, 7) is 6.62. The van der Waals surface area contributed by atoms with E-state index in [4.69, 9.17) is 4.74 Å². The Morgan fingerprint density at radius 2 is 2.11 bits per heavy atom. The van der Waals surface area contributed by atoms with Crippen LogP contribution in [0.4, 0.5) is 10.3 Å². The summed E-state index contributed by atoms with van der Waals surface area (Å²) in [4.78, 5) is 32.5. The van der Waals surface area contributed by atoms with E-state index < -0.39 is 25.6 Å². The molecular weight excluding hydrogens is 602 g/mol. The van der Waals surface area contributed by atoms with Crippen LogP contribution in [0.3, 0.4) is 0 Å². The second-order valence-corrected chi connectivity index (χ2v) is 15.0. The van der Waals surface area contributed by atoms with Gasteiger partial charge in [-0.2, -0.15) is 5.26 Å². The molecule has 0 bridgehead atoms. The van der Waals surface area contributed by atoms with E-state index in [2.05, 4.69) is 35.3 Å². The number of ether oxygens (including phenoxy) is 1. The molecule has 0 spiro atoms. The molecule has 0 aliphatic carbocycles. The Morgan fingerprint density at radius 3 is 2.82 bits per heavy atom. The van der Waals surface area contributed by atoms with Crippen LogP contribution in [0.1, 0.15) is 41.2 Å². The van der Waals surface area contributed by atoms with Gasteiger partial charge in [0.1, 0.15) is 11.9 Å². The molecule has 3 saturated heterocycles. The number of amides is 1. The summed E-state index contributed by atoms with van der Waals surface area (Å²) in [6.07, 6.45) is 4.54. The largest absolute Gasteiger partial charge is 0.370 e. The second-order valence-electron chi connectivity index (χ2n) is 9.64. The minimum Gasteiger partial charge on any atom is -0.370 e. The van der Waals surface area contributed by atoms with Gasteiger partial charge in [0.15, 0.2) is 0 Å². The molecule has 3 aliphatic heterocycles. The van der Waals surface area contributed by atoms with E-state index in [1.165, 1.54) is 20.6 Å². The number of nitrogens with one attached hydrogen (secondary N) is 1. The standard InChI is InChI=1S/C26H30FIN8O2/c1-16(18-10-30-26(31-11-18)32-15-33-34-24-8-28(24)3)25(37)36-7-6-35-13-23(38-14-19(35)12-36)20-4-5-22(27)21(9-29)17(20)2/h4-5,10-11,15-16,19,23H,6-8,12-14H2,1-3H3,(H,30,31,32,33)/b34-24-/t16?,19-,23+/m0/s1. The van der Waals surface area contributed by atoms with Crippen LogP contribution >= 0.6 is 19.8 Å². The zero-order chi connectivity index (χ0) is 26.8. The zero-order valence-electron chi connectivity index (χ0n) is 21.6. The molecule has 1 aromatic heterocycles. The molecule has 1 unspecified atom stereocenters. The van der Waals surface area contributed by atoms with Crippen LogP contribution in [0.15, 0.2) is 34.6 Å². The summed E-state index contributed by atoms with van der Waals surface area (Å²) < 4.78 is 22.6. The van der Waals surface area contributed by atoms with Crippen LogP contribution in [0, 0.1) is 24.1 Å². The molecule has 10 nitrogen and oxygen atoms in total. The van der Waals surface area contributed by atoms with E-state index in [1.807, 2.05) is 17.9 Å². The Morgan fingerprint density at radius 1 is 1.34 bits per heavy atom. The van der Waals surface area contributed by atoms with E-state index in [9.17, 15) is 14.4 Å². The number of alkyl halides is 2. The van der Waals surface area contributed by atoms with Gasteiger partial charge in [-0.05, 0) is 24.1 Å². The van der Waals surface area contributed by atoms with Crippen LogP contribution in [0.2, 0.25) is 0 Å². The maximum absolute atomic E-state index is 14.0. The summed E-state index contributed by atoms with van der Waals surface area (Å²) in [5, 5.41) is 13.6. The number of hydrogen-bond donors (Lipinski definition) is 1. The summed E-state index contributed by atoms with van der Waals surface area (Å²) in [6, 6.07) is 5.07. The number of nitrogens with zero attached hydrogens (tertiary/aromatic N) is 7. The molecule has 3 fully saturated rings. The summed E-state index contributed by atoms with van der Waals surface area (Å²) in [5.41, 5.74) is 5.09. The molecule has 1 aromatic carbocycles. The molecule has 1 amide bonds. The average Bonchev–Trinajstić information content (AvgIpc) is 3.65. The SMILES string of the molecule is Cc1c([C@H]2CN3CCN(C(=O)C(C)c4cnc(N=CN/N=C5/CI5C)nc4)C[C@H]3CO2)ccc(F)c1C#N. The van der Waals surface area contributed by atoms with Gasteiger partial charge in [0.05, 0.1) is 24.3 Å². The van der Waals surface area contributed by atoms with E-state index >= 15 is 0 Å². The monoisotopic (exact) mass is 632 g/mol. The van der Waals surface area contributed by atoms with Gasteiger partial charge in [0, 0.05) is 26.2 Å². The molecule has 1 N–H and O–H groups in total. The smallest absolute Gasteiger partial charge is 0.141 e. The quantitative estimate of drug-likeness (QED) is 0.171. The van der Waals surface area contributed by atoms with Crippen molar-refractivity contribution in [3.05, 3.63) is 52.6 Å². The third kappa shape index (κ3) is 5.69. The number of aromatic nitrogens is 2. The Kier molecular flexibility index (Phi) is 7.96. The first-order chi connectivity index (χ1) is 18.4. The molecule has 5 rings (SSSR count). The van der Waals surface area contributed by atoms with Crippen LogP contribution in [-0.4, -0.2) is 83.9 Å². The van der Waals surface area contributed by atoms with Gasteiger partial charge < -0.3 is 4.74 Å². The predicted octanol–water partition coefficient (Wildman–Crippen LogP) is 2.90. The molecule has 4 heterocycles. The zero-order valence-corrected chi connectivity index (χ0v) is 23.7. The van der Waals surface area contributed by atoms with E-state index in [0.29, 0.717) is 37.8 Å². The minimum absolute atomic E-state index is 0.0282. The Labute approximate surface area is 228 Å². The number of hydrogen-bond acceptors (Lipinski definition) is 8. The maximum atomic E-state index is 14.0. The normalized spacial score (nSPS) is 24.2. The summed E-state index contributed by atoms with van der Waals surface area (Å²) in [7, 11) is 0. The Bertz CT molecular complexity index is 1310. The van der Waals surface area contributed by atoms with Gasteiger partial charge in [-0.15, -0.1) is 0 Å². The summed E-state index contributed by atoms with van der Waals surface area (Å²) >= 11 is -0.819. The molecule has 200 valence electrons. The first-order valence-electron chi connectivity index (χ1n) is 12.4. The van der Waals surface area contributed by atoms with Crippen LogP contribution in [-0.2, 0) is 9.53 Å². The Balaban J connectivity index is 1.16. The van der Waals surface area contributed by atoms with Gasteiger partial charge in [-0.25, -0.2) is 4.39 Å². The molecule has 0 radical (unpaired) electrons. The molecule has 0 saturated carbocycles. The number of rotatable bonds is 6. The van der Waals surface area contributed by atoms with Crippen molar-refractivity contribution in [1.29, 1.82) is 5.26 Å². The van der Waals surface area contributed by atoms with Crippen molar-refractivity contribution >= 4 is 41.7 Å². The number of carbonyl (C=O) groups is 1. The third-order valence-electron chi connectivity index (χ3n) is 7.28. The first-order valence-corrected chi connectivity index (χ1v) is 17.2. The summed E-state index contributed by atoms with van der Waals surface area (Å²) in [5.74, 6) is -0.553. The maximum Gasteiger partial charge on any atom is 0.141 e. The molecular formula is C26H30FIN8O2. The third-order valence-corrected chi connectivity index (χ3v) is 11.0. The number of morpholine rings is 1. The first kappa shape index (κ1) is 26.6. The number of fused-ring (bicyclic) bond motifs is 1. The van der Waals surface area contributed by atoms with Crippen molar-refractivity contribution in [3.63, 3.8) is 0 Å². The van der Waals surface area contributed by atoms with Gasteiger partial charge in [0.25, 0.3) is 0 Å². The van der Waals surface area contributed by atoms with E-state index in [0.717, 1.165) is 17.7 Å². The number of aliphatic imine (C=N–C) groups is 1.